The van der Waals surface area contributed by atoms with Crippen LogP contribution in [0.25, 0.3) is 0 Å². The van der Waals surface area contributed by atoms with Gasteiger partial charge in [-0.25, -0.2) is 39.1 Å². The van der Waals surface area contributed by atoms with Crippen molar-refractivity contribution in [1.82, 2.24) is 0 Å². The van der Waals surface area contributed by atoms with Gasteiger partial charge in [-0.15, -0.1) is 0 Å². The fourth-order valence-corrected chi connectivity index (χ4v) is 2.85. The summed E-state index contributed by atoms with van der Waals surface area (Å²) in [6.45, 7) is 31.0. The van der Waals surface area contributed by atoms with E-state index < -0.39 is 22.4 Å². The van der Waals surface area contributed by atoms with Gasteiger partial charge in [0.1, 0.15) is 0 Å². The van der Waals surface area contributed by atoms with Crippen molar-refractivity contribution in [1.29, 1.82) is 0 Å². The predicted octanol–water partition coefficient (Wildman–Crippen LogP) is 7.59. The highest BCUT2D eigenvalue weighted by molar-refractivity contribution is 5.25. The van der Waals surface area contributed by atoms with E-state index in [9.17, 15) is 0 Å². The lowest BCUT2D eigenvalue weighted by Gasteiger charge is -2.35. The zero-order chi connectivity index (χ0) is 31.3. The number of rotatable bonds is 8. The summed E-state index contributed by atoms with van der Waals surface area (Å²) in [4.78, 5) is 43.5. The van der Waals surface area contributed by atoms with Gasteiger partial charge in [0.2, 0.25) is 0 Å². The maximum absolute atomic E-state index is 5.50. The van der Waals surface area contributed by atoms with Crippen LogP contribution < -0.4 is 0 Å². The van der Waals surface area contributed by atoms with Crippen LogP contribution in [0.5, 0.6) is 0 Å². The van der Waals surface area contributed by atoms with Gasteiger partial charge in [0, 0.05) is 0 Å². The van der Waals surface area contributed by atoms with Gasteiger partial charge in [0.05, 0.1) is 22.4 Å². The van der Waals surface area contributed by atoms with Gasteiger partial charge in [0.15, 0.2) is 22.4 Å². The van der Waals surface area contributed by atoms with Crippen molar-refractivity contribution in [2.45, 2.75) is 181 Å². The Morgan fingerprint density at radius 2 is 0.500 bits per heavy atom. The molecule has 0 bridgehead atoms. The largest absolute Gasteiger partial charge is 0.229 e. The van der Waals surface area contributed by atoms with Crippen molar-refractivity contribution < 1.29 is 39.1 Å². The Morgan fingerprint density at radius 3 is 0.600 bits per heavy atom. The Morgan fingerprint density at radius 1 is 0.350 bits per heavy atom. The molecule has 0 amide bonds. The zero-order valence-electron chi connectivity index (χ0n) is 28.1. The predicted molar refractivity (Wildman–Crippen MR) is 155 cm³/mol. The highest BCUT2D eigenvalue weighted by atomic mass is 17.2. The van der Waals surface area contributed by atoms with E-state index in [4.69, 9.17) is 39.1 Å². The van der Waals surface area contributed by atoms with E-state index in [0.29, 0.717) is 0 Å². The van der Waals surface area contributed by atoms with Crippen molar-refractivity contribution in [3.63, 3.8) is 0 Å². The van der Waals surface area contributed by atoms with Crippen molar-refractivity contribution in [3.05, 3.63) is 0 Å². The Labute approximate surface area is 244 Å². The van der Waals surface area contributed by atoms with E-state index in [1.54, 1.807) is 0 Å². The summed E-state index contributed by atoms with van der Waals surface area (Å²) >= 11 is 0. The molecule has 2 rings (SSSR count). The Bertz CT molecular complexity index is 793. The van der Waals surface area contributed by atoms with Crippen molar-refractivity contribution in [2.24, 2.45) is 0 Å². The van der Waals surface area contributed by atoms with Gasteiger partial charge in [-0.1, -0.05) is 23.7 Å². The van der Waals surface area contributed by atoms with Crippen LogP contribution in [0, 0.1) is 23.7 Å². The van der Waals surface area contributed by atoms with E-state index >= 15 is 0 Å². The van der Waals surface area contributed by atoms with Crippen LogP contribution in [0.15, 0.2) is 0 Å². The summed E-state index contributed by atoms with van der Waals surface area (Å²) in [5.74, 6) is 12.4. The highest BCUT2D eigenvalue weighted by Crippen LogP contribution is 2.33. The zero-order valence-corrected chi connectivity index (χ0v) is 28.1. The van der Waals surface area contributed by atoms with E-state index in [1.165, 1.54) is 0 Å². The third-order valence-corrected chi connectivity index (χ3v) is 5.24. The van der Waals surface area contributed by atoms with Gasteiger partial charge >= 0.3 is 0 Å². The minimum atomic E-state index is -0.599. The molecule has 40 heavy (non-hydrogen) atoms. The first-order valence-electron chi connectivity index (χ1n) is 14.2. The quantitative estimate of drug-likeness (QED) is 0.168. The molecule has 2 aliphatic rings. The maximum atomic E-state index is 5.50. The fourth-order valence-electron chi connectivity index (χ4n) is 2.85. The molecule has 0 aromatic heterocycles. The summed E-state index contributed by atoms with van der Waals surface area (Å²) in [5, 5.41) is 0. The average molecular weight is 569 g/mol. The minimum Gasteiger partial charge on any atom is -0.229 e. The minimum absolute atomic E-state index is 0.350. The van der Waals surface area contributed by atoms with Crippen LogP contribution in [0.2, 0.25) is 0 Å². The standard InChI is InChI=1S/2C16H28O4/c2*1-13(2,3)17-19-15(7)9-11-16(8,12-10-15)20-18-14(4,5)6/h2*9,11H2,1-8H3. The molecule has 0 aromatic carbocycles. The van der Waals surface area contributed by atoms with Gasteiger partial charge in [-0.3, -0.25) is 0 Å². The molecule has 8 nitrogen and oxygen atoms in total. The summed E-state index contributed by atoms with van der Waals surface area (Å²) in [7, 11) is 0. The monoisotopic (exact) mass is 568 g/mol. The summed E-state index contributed by atoms with van der Waals surface area (Å²) in [6, 6.07) is 0. The topological polar surface area (TPSA) is 73.8 Å². The van der Waals surface area contributed by atoms with Crippen LogP contribution in [-0.2, 0) is 39.1 Å². The molecule has 4 unspecified atom stereocenters. The molecule has 0 aromatic rings. The molecule has 232 valence electrons. The van der Waals surface area contributed by atoms with Crippen LogP contribution in [0.3, 0.4) is 0 Å². The molecule has 4 atom stereocenters. The highest BCUT2D eigenvalue weighted by Gasteiger charge is 2.39. The SMILES string of the molecule is CC(C)(C)OOC1(C)C#CC(C)(OOC(C)(C)C)CC1.CC(C)(C)OOC1(C)C#CC(C)(OOC(C)(C)C)CC1. The third kappa shape index (κ3) is 15.7. The lowest BCUT2D eigenvalue weighted by atomic mass is 9.87. The summed E-state index contributed by atoms with van der Waals surface area (Å²) in [6.07, 6.45) is 2.89. The van der Waals surface area contributed by atoms with Crippen LogP contribution >= 0.6 is 0 Å². The first-order chi connectivity index (χ1) is 17.7. The van der Waals surface area contributed by atoms with E-state index in [2.05, 4.69) is 23.7 Å². The summed E-state index contributed by atoms with van der Waals surface area (Å²) in [5.41, 5.74) is -3.80. The van der Waals surface area contributed by atoms with Gasteiger partial charge < -0.3 is 0 Å². The Hall–Kier alpha value is -1.20. The molecule has 0 N–H and O–H groups in total. The first kappa shape index (κ1) is 36.8. The molecule has 0 saturated carbocycles. The van der Waals surface area contributed by atoms with Crippen LogP contribution in [0.1, 0.15) is 136 Å². The molecule has 0 fully saturated rings. The van der Waals surface area contributed by atoms with Crippen molar-refractivity contribution >= 4 is 0 Å². The average Bonchev–Trinajstić information content (AvgIpc) is 2.78. The molecule has 2 aliphatic carbocycles. The second-order valence-electron chi connectivity index (χ2n) is 15.5. The number of hydrogen-bond acceptors (Lipinski definition) is 8. The lowest BCUT2D eigenvalue weighted by Crippen LogP contribution is -2.41. The molecular weight excluding hydrogens is 512 g/mol. The smallest absolute Gasteiger partial charge is 0.161 e. The van der Waals surface area contributed by atoms with Gasteiger partial charge in [-0.2, -0.15) is 0 Å². The van der Waals surface area contributed by atoms with E-state index in [0.717, 1.165) is 25.7 Å². The third-order valence-electron chi connectivity index (χ3n) is 5.24. The summed E-state index contributed by atoms with van der Waals surface area (Å²) < 4.78 is 0. The van der Waals surface area contributed by atoms with Gasteiger partial charge in [0.25, 0.3) is 0 Å². The van der Waals surface area contributed by atoms with E-state index in [1.807, 2.05) is 111 Å². The van der Waals surface area contributed by atoms with Crippen LogP contribution in [-0.4, -0.2) is 44.8 Å². The van der Waals surface area contributed by atoms with Crippen LogP contribution in [0.4, 0.5) is 0 Å². The molecular formula is C32H56O8. The van der Waals surface area contributed by atoms with E-state index in [-0.39, 0.29) is 22.4 Å². The van der Waals surface area contributed by atoms with Crippen molar-refractivity contribution in [2.75, 3.05) is 0 Å². The lowest BCUT2D eigenvalue weighted by molar-refractivity contribution is -0.402. The molecule has 0 radical (unpaired) electrons. The molecule has 8 heteroatoms. The Kier molecular flexibility index (Phi) is 11.9. The molecule has 0 saturated heterocycles. The van der Waals surface area contributed by atoms with Crippen molar-refractivity contribution in [3.8, 4) is 23.7 Å². The fraction of sp³-hybridized carbons (Fsp3) is 0.875. The number of hydrogen-bond donors (Lipinski definition) is 0. The molecule has 0 heterocycles. The van der Waals surface area contributed by atoms with Gasteiger partial charge in [-0.05, 0) is 136 Å². The molecule has 0 aliphatic heterocycles. The Balaban J connectivity index is 0.000000400. The second-order valence-corrected chi connectivity index (χ2v) is 15.5. The molecule has 0 spiro atoms. The first-order valence-corrected chi connectivity index (χ1v) is 14.2. The maximum Gasteiger partial charge on any atom is 0.161 e. The second kappa shape index (κ2) is 13.0. The normalized spacial score (nSPS) is 30.8.